The first kappa shape index (κ1) is 11.1. The zero-order chi connectivity index (χ0) is 11.7. The summed E-state index contributed by atoms with van der Waals surface area (Å²) in [5.74, 6) is 0.291. The smallest absolute Gasteiger partial charge is 0.349 e. The predicted molar refractivity (Wildman–Crippen MR) is 65.2 cm³/mol. The van der Waals surface area contributed by atoms with Crippen LogP contribution in [0.1, 0.15) is 0 Å². The van der Waals surface area contributed by atoms with E-state index in [9.17, 15) is 4.79 Å². The van der Waals surface area contributed by atoms with Crippen molar-refractivity contribution >= 4 is 33.5 Å². The Kier molecular flexibility index (Phi) is 2.93. The summed E-state index contributed by atoms with van der Waals surface area (Å²) in [4.78, 5) is 20.9. The first-order chi connectivity index (χ1) is 7.56. The van der Waals surface area contributed by atoms with Gasteiger partial charge in [-0.25, -0.2) is 4.79 Å². The minimum atomic E-state index is -0.534. The molecule has 16 heavy (non-hydrogen) atoms. The van der Waals surface area contributed by atoms with Gasteiger partial charge in [-0.05, 0) is 34.1 Å². The van der Waals surface area contributed by atoms with Crippen molar-refractivity contribution < 1.29 is 0 Å². The lowest BCUT2D eigenvalue weighted by atomic mass is 10.2. The summed E-state index contributed by atoms with van der Waals surface area (Å²) in [7, 11) is 0. The van der Waals surface area contributed by atoms with Crippen molar-refractivity contribution in [2.24, 2.45) is 0 Å². The van der Waals surface area contributed by atoms with Crippen LogP contribution >= 0.6 is 27.5 Å². The van der Waals surface area contributed by atoms with E-state index in [-0.39, 0.29) is 5.95 Å². The molecule has 0 atom stereocenters. The molecule has 1 heterocycles. The first-order valence-electron chi connectivity index (χ1n) is 4.25. The molecule has 0 aliphatic carbocycles. The second-order valence-corrected chi connectivity index (χ2v) is 4.25. The highest BCUT2D eigenvalue weighted by Gasteiger charge is 2.05. The van der Waals surface area contributed by atoms with Crippen LogP contribution < -0.4 is 11.4 Å². The van der Waals surface area contributed by atoms with Gasteiger partial charge in [-0.1, -0.05) is 11.6 Å². The Morgan fingerprint density at radius 3 is 2.75 bits per heavy atom. The lowest BCUT2D eigenvalue weighted by Gasteiger charge is -2.02. The van der Waals surface area contributed by atoms with Crippen LogP contribution in [-0.2, 0) is 0 Å². The minimum Gasteiger partial charge on any atom is -0.368 e. The van der Waals surface area contributed by atoms with Gasteiger partial charge in [0.2, 0.25) is 5.95 Å². The fraction of sp³-hybridized carbons (Fsp3) is 0. The molecule has 0 aliphatic heterocycles. The molecule has 0 unspecified atom stereocenters. The molecule has 2 rings (SSSR count). The van der Waals surface area contributed by atoms with Crippen LogP contribution in [0.3, 0.4) is 0 Å². The molecule has 2 aromatic rings. The van der Waals surface area contributed by atoms with E-state index in [1.54, 1.807) is 18.2 Å². The summed E-state index contributed by atoms with van der Waals surface area (Å²) in [5.41, 5.74) is 5.55. The molecule has 0 saturated heterocycles. The zero-order valence-corrected chi connectivity index (χ0v) is 10.2. The van der Waals surface area contributed by atoms with Crippen LogP contribution in [-0.4, -0.2) is 15.0 Å². The first-order valence-corrected chi connectivity index (χ1v) is 5.42. The second-order valence-electron chi connectivity index (χ2n) is 2.99. The molecule has 0 radical (unpaired) electrons. The highest BCUT2D eigenvalue weighted by atomic mass is 79.9. The molecule has 0 fully saturated rings. The molecule has 0 saturated carbocycles. The summed E-state index contributed by atoms with van der Waals surface area (Å²) in [6.45, 7) is 0. The van der Waals surface area contributed by atoms with E-state index in [1.165, 1.54) is 0 Å². The molecule has 0 amide bonds. The van der Waals surface area contributed by atoms with E-state index in [0.717, 1.165) is 0 Å². The Hall–Kier alpha value is -1.40. The number of aromatic amines is 1. The van der Waals surface area contributed by atoms with Crippen molar-refractivity contribution in [3.05, 3.63) is 38.2 Å². The number of anilines is 1. The summed E-state index contributed by atoms with van der Waals surface area (Å²) < 4.78 is 0.713. The van der Waals surface area contributed by atoms with Gasteiger partial charge in [-0.3, -0.25) is 4.98 Å². The largest absolute Gasteiger partial charge is 0.368 e. The maximum Gasteiger partial charge on any atom is 0.349 e. The van der Waals surface area contributed by atoms with Gasteiger partial charge in [0.05, 0.1) is 5.02 Å². The third kappa shape index (κ3) is 2.23. The average Bonchev–Trinajstić information content (AvgIpc) is 2.20. The van der Waals surface area contributed by atoms with E-state index in [1.807, 2.05) is 0 Å². The van der Waals surface area contributed by atoms with Crippen LogP contribution in [0.2, 0.25) is 5.02 Å². The van der Waals surface area contributed by atoms with Crippen molar-refractivity contribution in [1.29, 1.82) is 0 Å². The molecule has 5 nitrogen and oxygen atoms in total. The van der Waals surface area contributed by atoms with E-state index >= 15 is 0 Å². The lowest BCUT2D eigenvalue weighted by molar-refractivity contribution is 1.01. The van der Waals surface area contributed by atoms with E-state index < -0.39 is 5.69 Å². The van der Waals surface area contributed by atoms with Gasteiger partial charge in [0.1, 0.15) is 5.82 Å². The zero-order valence-electron chi connectivity index (χ0n) is 7.87. The number of aromatic nitrogens is 3. The van der Waals surface area contributed by atoms with Gasteiger partial charge < -0.3 is 5.73 Å². The second kappa shape index (κ2) is 4.23. The van der Waals surface area contributed by atoms with Crippen molar-refractivity contribution in [3.63, 3.8) is 0 Å². The van der Waals surface area contributed by atoms with E-state index in [2.05, 4.69) is 30.9 Å². The van der Waals surface area contributed by atoms with Crippen LogP contribution in [0.15, 0.2) is 27.5 Å². The van der Waals surface area contributed by atoms with Gasteiger partial charge >= 0.3 is 5.69 Å². The van der Waals surface area contributed by atoms with Crippen LogP contribution in [0, 0.1) is 0 Å². The highest BCUT2D eigenvalue weighted by Crippen LogP contribution is 2.26. The third-order valence-electron chi connectivity index (χ3n) is 1.86. The predicted octanol–water partition coefficient (Wildman–Crippen LogP) is 1.83. The molecule has 82 valence electrons. The Labute approximate surface area is 104 Å². The highest BCUT2D eigenvalue weighted by molar-refractivity contribution is 9.10. The Morgan fingerprint density at radius 1 is 1.38 bits per heavy atom. The molecule has 1 aromatic carbocycles. The van der Waals surface area contributed by atoms with Crippen molar-refractivity contribution in [2.75, 3.05) is 5.73 Å². The number of nitrogens with zero attached hydrogens (tertiary/aromatic N) is 2. The van der Waals surface area contributed by atoms with E-state index in [0.29, 0.717) is 20.9 Å². The van der Waals surface area contributed by atoms with Gasteiger partial charge in [-0.2, -0.15) is 9.97 Å². The summed E-state index contributed by atoms with van der Waals surface area (Å²) in [6.07, 6.45) is 0. The topological polar surface area (TPSA) is 84.7 Å². The summed E-state index contributed by atoms with van der Waals surface area (Å²) in [6, 6.07) is 5.16. The Balaban J connectivity index is 2.58. The molecular weight excluding hydrogens is 295 g/mol. The van der Waals surface area contributed by atoms with Crippen LogP contribution in [0.4, 0.5) is 5.95 Å². The number of H-pyrrole nitrogens is 1. The van der Waals surface area contributed by atoms with Gasteiger partial charge in [0.15, 0.2) is 0 Å². The summed E-state index contributed by atoms with van der Waals surface area (Å²) in [5, 5.41) is 0.577. The SMILES string of the molecule is Nc1nc(-c2ccc(Cl)c(Br)c2)[nH]c(=O)n1. The number of halogens is 2. The minimum absolute atomic E-state index is 0.0650. The third-order valence-corrected chi connectivity index (χ3v) is 3.07. The monoisotopic (exact) mass is 300 g/mol. The molecule has 0 aliphatic rings. The maximum absolute atomic E-state index is 11.1. The normalized spacial score (nSPS) is 10.4. The standard InChI is InChI=1S/C9H6BrClN4O/c10-5-3-4(1-2-6(5)11)7-13-8(12)15-9(16)14-7/h1-3H,(H3,12,13,14,15,16). The fourth-order valence-corrected chi connectivity index (χ4v) is 1.68. The quantitative estimate of drug-likeness (QED) is 0.841. The fourth-order valence-electron chi connectivity index (χ4n) is 1.18. The van der Waals surface area contributed by atoms with Crippen molar-refractivity contribution in [2.45, 2.75) is 0 Å². The van der Waals surface area contributed by atoms with Gasteiger partial charge in [0, 0.05) is 10.0 Å². The number of hydrogen-bond donors (Lipinski definition) is 2. The molecule has 3 N–H and O–H groups in total. The van der Waals surface area contributed by atoms with Gasteiger partial charge in [-0.15, -0.1) is 0 Å². The molecule has 7 heteroatoms. The number of nitrogens with one attached hydrogen (secondary N) is 1. The van der Waals surface area contributed by atoms with Crippen molar-refractivity contribution in [3.8, 4) is 11.4 Å². The van der Waals surface area contributed by atoms with Gasteiger partial charge in [0.25, 0.3) is 0 Å². The summed E-state index contributed by atoms with van der Waals surface area (Å²) >= 11 is 9.14. The number of hydrogen-bond acceptors (Lipinski definition) is 4. The molecular formula is C9H6BrClN4O. The van der Waals surface area contributed by atoms with Crippen molar-refractivity contribution in [1.82, 2.24) is 15.0 Å². The number of rotatable bonds is 1. The Bertz CT molecular complexity index is 598. The number of nitrogens with two attached hydrogens (primary N) is 1. The Morgan fingerprint density at radius 2 is 2.12 bits per heavy atom. The van der Waals surface area contributed by atoms with Crippen LogP contribution in [0.5, 0.6) is 0 Å². The molecule has 0 spiro atoms. The number of nitrogen functional groups attached to an aromatic ring is 1. The number of benzene rings is 1. The maximum atomic E-state index is 11.1. The molecule has 0 bridgehead atoms. The van der Waals surface area contributed by atoms with E-state index in [4.69, 9.17) is 17.3 Å². The van der Waals surface area contributed by atoms with Crippen LogP contribution in [0.25, 0.3) is 11.4 Å². The molecule has 1 aromatic heterocycles. The average molecular weight is 302 g/mol. The lowest BCUT2D eigenvalue weighted by Crippen LogP contribution is -2.15.